The first-order chi connectivity index (χ1) is 8.16. The monoisotopic (exact) mass is 226 g/mol. The molecule has 3 rings (SSSR count). The average Bonchev–Trinajstić information content (AvgIpc) is 2.68. The molecule has 1 aliphatic rings. The highest BCUT2D eigenvalue weighted by Crippen LogP contribution is 2.37. The quantitative estimate of drug-likeness (QED) is 0.473. The molecule has 1 aromatic heterocycles. The molecular weight excluding hydrogens is 216 g/mol. The van der Waals surface area contributed by atoms with Crippen molar-refractivity contribution < 1.29 is 4.92 Å². The first-order valence-electron chi connectivity index (χ1n) is 5.39. The van der Waals surface area contributed by atoms with E-state index in [9.17, 15) is 10.1 Å². The number of nitrogens with zero attached hydrogens (tertiary/aromatic N) is 2. The summed E-state index contributed by atoms with van der Waals surface area (Å²) in [6, 6.07) is 6.96. The number of benzene rings is 1. The summed E-state index contributed by atoms with van der Waals surface area (Å²) in [5.41, 5.74) is 5.51. The van der Waals surface area contributed by atoms with Gasteiger partial charge in [-0.05, 0) is 35.7 Å². The van der Waals surface area contributed by atoms with E-state index >= 15 is 0 Å². The van der Waals surface area contributed by atoms with Crippen LogP contribution in [0.25, 0.3) is 11.3 Å². The third kappa shape index (κ3) is 1.41. The fourth-order valence-corrected chi connectivity index (χ4v) is 2.31. The Kier molecular flexibility index (Phi) is 1.98. The molecule has 0 N–H and O–H groups in total. The van der Waals surface area contributed by atoms with Gasteiger partial charge in [0.15, 0.2) is 0 Å². The summed E-state index contributed by atoms with van der Waals surface area (Å²) in [5, 5.41) is 10.7. The Balaban J connectivity index is 2.19. The van der Waals surface area contributed by atoms with Crippen molar-refractivity contribution in [2.75, 3.05) is 0 Å². The van der Waals surface area contributed by atoms with Crippen LogP contribution < -0.4 is 0 Å². The number of nitro benzene ring substituents is 1. The molecular formula is C13H10N2O2. The Bertz CT molecular complexity index is 635. The lowest BCUT2D eigenvalue weighted by atomic mass is 10.1. The van der Waals surface area contributed by atoms with Crippen molar-refractivity contribution in [3.63, 3.8) is 0 Å². The van der Waals surface area contributed by atoms with Crippen molar-refractivity contribution in [1.82, 2.24) is 4.98 Å². The number of aromatic nitrogens is 1. The van der Waals surface area contributed by atoms with Crippen molar-refractivity contribution in [3.8, 4) is 11.3 Å². The van der Waals surface area contributed by atoms with Crippen LogP contribution in [0.1, 0.15) is 16.7 Å². The smallest absolute Gasteiger partial charge is 0.258 e. The van der Waals surface area contributed by atoms with Gasteiger partial charge < -0.3 is 0 Å². The second-order valence-electron chi connectivity index (χ2n) is 4.23. The summed E-state index contributed by atoms with van der Waals surface area (Å²) < 4.78 is 0. The van der Waals surface area contributed by atoms with Crippen LogP contribution in [-0.4, -0.2) is 9.91 Å². The molecule has 0 unspecified atom stereocenters. The topological polar surface area (TPSA) is 56.0 Å². The first kappa shape index (κ1) is 9.96. The molecule has 0 spiro atoms. The second kappa shape index (κ2) is 3.38. The fourth-order valence-electron chi connectivity index (χ4n) is 2.31. The van der Waals surface area contributed by atoms with Crippen molar-refractivity contribution in [3.05, 3.63) is 57.3 Å². The number of non-ortho nitro benzene ring substituents is 1. The Morgan fingerprint density at radius 3 is 2.94 bits per heavy atom. The summed E-state index contributed by atoms with van der Waals surface area (Å²) in [5.74, 6) is 0. The molecule has 0 amide bonds. The van der Waals surface area contributed by atoms with Gasteiger partial charge in [0.05, 0.1) is 10.6 Å². The molecule has 0 saturated heterocycles. The molecule has 1 aromatic carbocycles. The first-order valence-corrected chi connectivity index (χ1v) is 5.39. The molecule has 4 heteroatoms. The van der Waals surface area contributed by atoms with E-state index < -0.39 is 0 Å². The molecule has 1 aliphatic carbocycles. The molecule has 0 radical (unpaired) electrons. The predicted octanol–water partition coefficient (Wildman–Crippen LogP) is 2.87. The van der Waals surface area contributed by atoms with Gasteiger partial charge in [-0.3, -0.25) is 15.1 Å². The molecule has 4 nitrogen and oxygen atoms in total. The van der Waals surface area contributed by atoms with Crippen molar-refractivity contribution >= 4 is 5.69 Å². The molecule has 2 aromatic rings. The van der Waals surface area contributed by atoms with Gasteiger partial charge in [-0.1, -0.05) is 0 Å². The van der Waals surface area contributed by atoms with Crippen LogP contribution in [0.2, 0.25) is 0 Å². The minimum atomic E-state index is -0.358. The third-order valence-corrected chi connectivity index (χ3v) is 3.21. The number of hydrogen-bond acceptors (Lipinski definition) is 3. The lowest BCUT2D eigenvalue weighted by molar-refractivity contribution is -0.384. The molecule has 0 atom stereocenters. The van der Waals surface area contributed by atoms with Crippen LogP contribution in [0.5, 0.6) is 0 Å². The van der Waals surface area contributed by atoms with Crippen LogP contribution in [-0.2, 0) is 6.42 Å². The second-order valence-corrected chi connectivity index (χ2v) is 4.23. The van der Waals surface area contributed by atoms with E-state index in [1.807, 2.05) is 13.0 Å². The number of aryl methyl sites for hydroxylation is 1. The van der Waals surface area contributed by atoms with Crippen molar-refractivity contribution in [1.29, 1.82) is 0 Å². The summed E-state index contributed by atoms with van der Waals surface area (Å²) in [7, 11) is 0. The number of hydrogen-bond donors (Lipinski definition) is 0. The Morgan fingerprint density at radius 2 is 2.18 bits per heavy atom. The number of nitro groups is 1. The van der Waals surface area contributed by atoms with E-state index in [1.54, 1.807) is 18.3 Å². The summed E-state index contributed by atoms with van der Waals surface area (Å²) in [4.78, 5) is 14.7. The van der Waals surface area contributed by atoms with E-state index in [0.29, 0.717) is 0 Å². The van der Waals surface area contributed by atoms with Crippen LogP contribution >= 0.6 is 0 Å². The van der Waals surface area contributed by atoms with Crippen molar-refractivity contribution in [2.45, 2.75) is 13.3 Å². The largest absolute Gasteiger partial charge is 0.269 e. The molecule has 0 fully saturated rings. The third-order valence-electron chi connectivity index (χ3n) is 3.21. The lowest BCUT2D eigenvalue weighted by Crippen LogP contribution is -1.89. The van der Waals surface area contributed by atoms with Gasteiger partial charge >= 0.3 is 0 Å². The van der Waals surface area contributed by atoms with Gasteiger partial charge in [-0.25, -0.2) is 0 Å². The number of rotatable bonds is 1. The average molecular weight is 226 g/mol. The molecule has 17 heavy (non-hydrogen) atoms. The van der Waals surface area contributed by atoms with E-state index in [-0.39, 0.29) is 10.6 Å². The molecule has 0 aliphatic heterocycles. The minimum absolute atomic E-state index is 0.147. The van der Waals surface area contributed by atoms with Gasteiger partial charge in [0.25, 0.3) is 5.69 Å². The minimum Gasteiger partial charge on any atom is -0.258 e. The van der Waals surface area contributed by atoms with Gasteiger partial charge in [0.1, 0.15) is 0 Å². The van der Waals surface area contributed by atoms with Gasteiger partial charge in [-0.2, -0.15) is 0 Å². The Labute approximate surface area is 98.1 Å². The van der Waals surface area contributed by atoms with Gasteiger partial charge in [0.2, 0.25) is 0 Å². The van der Waals surface area contributed by atoms with Crippen LogP contribution in [0.3, 0.4) is 0 Å². The fraction of sp³-hybridized carbons (Fsp3) is 0.154. The van der Waals surface area contributed by atoms with Crippen LogP contribution in [0.4, 0.5) is 5.69 Å². The summed E-state index contributed by atoms with van der Waals surface area (Å²) >= 11 is 0. The van der Waals surface area contributed by atoms with E-state index in [1.165, 1.54) is 17.2 Å². The maximum absolute atomic E-state index is 10.7. The normalized spacial score (nSPS) is 12.1. The zero-order chi connectivity index (χ0) is 12.0. The highest BCUT2D eigenvalue weighted by molar-refractivity contribution is 5.75. The van der Waals surface area contributed by atoms with Crippen LogP contribution in [0.15, 0.2) is 30.5 Å². The number of fused-ring (bicyclic) bond motifs is 3. The maximum Gasteiger partial charge on any atom is 0.269 e. The zero-order valence-corrected chi connectivity index (χ0v) is 9.30. The molecule has 1 heterocycles. The van der Waals surface area contributed by atoms with E-state index in [2.05, 4.69) is 4.98 Å². The molecule has 84 valence electrons. The predicted molar refractivity (Wildman–Crippen MR) is 63.9 cm³/mol. The zero-order valence-electron chi connectivity index (χ0n) is 9.30. The van der Waals surface area contributed by atoms with Crippen LogP contribution in [0, 0.1) is 17.0 Å². The van der Waals surface area contributed by atoms with E-state index in [0.717, 1.165) is 23.2 Å². The van der Waals surface area contributed by atoms with E-state index in [4.69, 9.17) is 0 Å². The SMILES string of the molecule is Cc1ccnc2c1Cc1cc([N+](=O)[O-])ccc1-2. The lowest BCUT2D eigenvalue weighted by Gasteiger charge is -2.01. The molecule has 0 bridgehead atoms. The highest BCUT2D eigenvalue weighted by Gasteiger charge is 2.23. The Hall–Kier alpha value is -2.23. The van der Waals surface area contributed by atoms with Gasteiger partial charge in [-0.15, -0.1) is 0 Å². The van der Waals surface area contributed by atoms with Crippen molar-refractivity contribution in [2.24, 2.45) is 0 Å². The Morgan fingerprint density at radius 1 is 1.35 bits per heavy atom. The number of pyridine rings is 1. The summed E-state index contributed by atoms with van der Waals surface area (Å²) in [6.45, 7) is 2.04. The van der Waals surface area contributed by atoms with Gasteiger partial charge in [0, 0.05) is 30.3 Å². The standard InChI is InChI=1S/C13H10N2O2/c1-8-4-5-14-13-11-3-2-10(15(16)17)6-9(11)7-12(8)13/h2-6H,7H2,1H3. The summed E-state index contributed by atoms with van der Waals surface area (Å²) in [6.07, 6.45) is 2.52. The highest BCUT2D eigenvalue weighted by atomic mass is 16.6. The molecule has 0 saturated carbocycles. The maximum atomic E-state index is 10.7.